The van der Waals surface area contributed by atoms with Gasteiger partial charge in [-0.1, -0.05) is 6.58 Å². The summed E-state index contributed by atoms with van der Waals surface area (Å²) in [4.78, 5) is 23.8. The van der Waals surface area contributed by atoms with Crippen molar-refractivity contribution in [2.45, 2.75) is 24.5 Å². The highest BCUT2D eigenvalue weighted by Gasteiger charge is 2.44. The van der Waals surface area contributed by atoms with Gasteiger partial charge in [0, 0.05) is 12.4 Å². The number of aliphatic hydroxyl groups is 3. The van der Waals surface area contributed by atoms with Crippen LogP contribution in [-0.4, -0.2) is 49.4 Å². The van der Waals surface area contributed by atoms with Crippen molar-refractivity contribution in [3.63, 3.8) is 0 Å². The first-order valence-electron chi connectivity index (χ1n) is 5.70. The number of aliphatic hydroxyl groups excluding tert-OH is 3. The lowest BCUT2D eigenvalue weighted by Crippen LogP contribution is -2.42. The number of aromatic nitrogens is 2. The van der Waals surface area contributed by atoms with Crippen LogP contribution in [0.25, 0.3) is 6.20 Å². The average molecular weight is 349 g/mol. The molecule has 0 spiro atoms. The summed E-state index contributed by atoms with van der Waals surface area (Å²) >= 11 is 3.00. The van der Waals surface area contributed by atoms with Crippen LogP contribution >= 0.6 is 15.9 Å². The van der Waals surface area contributed by atoms with Gasteiger partial charge in [0.2, 0.25) is 0 Å². The zero-order valence-electron chi connectivity index (χ0n) is 10.2. The highest BCUT2D eigenvalue weighted by Crippen LogP contribution is 2.28. The van der Waals surface area contributed by atoms with Crippen LogP contribution in [0.2, 0.25) is 0 Å². The normalized spacial score (nSPS) is 29.6. The molecule has 1 aromatic rings. The van der Waals surface area contributed by atoms with E-state index in [0.29, 0.717) is 0 Å². The van der Waals surface area contributed by atoms with Gasteiger partial charge in [0.1, 0.15) is 18.3 Å². The van der Waals surface area contributed by atoms with Gasteiger partial charge in [-0.2, -0.15) is 0 Å². The van der Waals surface area contributed by atoms with E-state index in [4.69, 9.17) is 9.84 Å². The smallest absolute Gasteiger partial charge is 0.337 e. The Morgan fingerprint density at radius 1 is 1.40 bits per heavy atom. The minimum absolute atomic E-state index is 0.0646. The zero-order chi connectivity index (χ0) is 15.0. The molecule has 8 nitrogen and oxygen atoms in total. The summed E-state index contributed by atoms with van der Waals surface area (Å²) in [6, 6.07) is 0. The number of halogens is 1. The van der Waals surface area contributed by atoms with E-state index in [9.17, 15) is 19.8 Å². The molecule has 0 unspecified atom stereocenters. The van der Waals surface area contributed by atoms with E-state index in [1.54, 1.807) is 0 Å². The van der Waals surface area contributed by atoms with Gasteiger partial charge in [0.15, 0.2) is 6.23 Å². The number of hydrogen-bond donors (Lipinski definition) is 3. The van der Waals surface area contributed by atoms with Crippen LogP contribution in [0.3, 0.4) is 0 Å². The van der Waals surface area contributed by atoms with Crippen molar-refractivity contribution in [1.29, 1.82) is 0 Å². The van der Waals surface area contributed by atoms with Gasteiger partial charge in [-0.3, -0.25) is 9.36 Å². The summed E-state index contributed by atoms with van der Waals surface area (Å²) in [7, 11) is 0. The van der Waals surface area contributed by atoms with Crippen LogP contribution in [0.15, 0.2) is 26.8 Å². The fourth-order valence-corrected chi connectivity index (χ4v) is 2.42. The Labute approximate surface area is 121 Å². The third-order valence-electron chi connectivity index (χ3n) is 3.08. The van der Waals surface area contributed by atoms with Crippen molar-refractivity contribution in [3.05, 3.63) is 38.1 Å². The maximum absolute atomic E-state index is 12.1. The second-order valence-electron chi connectivity index (χ2n) is 4.25. The number of rotatable bonds is 3. The summed E-state index contributed by atoms with van der Waals surface area (Å²) in [6.07, 6.45) is -2.77. The van der Waals surface area contributed by atoms with E-state index in [-0.39, 0.29) is 4.47 Å². The molecule has 0 amide bonds. The standard InChI is InChI=1S/C11H13BrN2O6/c1-2-13-9(18)5(12)3-14(11(13)19)10-8(17)7(16)6(4-15)20-10/h2-3,6-8,10,15-17H,1,4H2/t6-,7-,8+,10-/m1/s1. The van der Waals surface area contributed by atoms with Gasteiger partial charge in [-0.15, -0.1) is 0 Å². The van der Waals surface area contributed by atoms with Crippen molar-refractivity contribution in [2.75, 3.05) is 6.61 Å². The van der Waals surface area contributed by atoms with Crippen LogP contribution in [0.5, 0.6) is 0 Å². The Hall–Kier alpha value is -1.26. The number of hydrogen-bond acceptors (Lipinski definition) is 6. The van der Waals surface area contributed by atoms with E-state index < -0.39 is 42.4 Å². The molecular formula is C11H13BrN2O6. The first-order chi connectivity index (χ1) is 9.42. The molecule has 0 bridgehead atoms. The summed E-state index contributed by atoms with van der Waals surface area (Å²) < 4.78 is 6.99. The second kappa shape index (κ2) is 5.62. The SMILES string of the molecule is C=Cn1c(=O)c(Br)cn([C@@H]2O[C@H](CO)[C@@H](O)[C@@H]2O)c1=O. The van der Waals surface area contributed by atoms with Gasteiger partial charge < -0.3 is 20.1 Å². The first-order valence-corrected chi connectivity index (χ1v) is 6.49. The van der Waals surface area contributed by atoms with Crippen LogP contribution < -0.4 is 11.2 Å². The lowest BCUT2D eigenvalue weighted by Gasteiger charge is -2.18. The van der Waals surface area contributed by atoms with E-state index in [1.165, 1.54) is 0 Å². The largest absolute Gasteiger partial charge is 0.394 e. The van der Waals surface area contributed by atoms with Gasteiger partial charge in [-0.05, 0) is 15.9 Å². The molecule has 1 aliphatic heterocycles. The molecule has 0 aromatic carbocycles. The van der Waals surface area contributed by atoms with E-state index in [1.807, 2.05) is 0 Å². The molecule has 9 heteroatoms. The summed E-state index contributed by atoms with van der Waals surface area (Å²) in [5, 5.41) is 28.6. The van der Waals surface area contributed by atoms with Crippen LogP contribution in [0, 0.1) is 0 Å². The molecule has 4 atom stereocenters. The maximum atomic E-state index is 12.1. The Kier molecular flexibility index (Phi) is 4.25. The third-order valence-corrected chi connectivity index (χ3v) is 3.62. The van der Waals surface area contributed by atoms with Gasteiger partial charge in [0.05, 0.1) is 11.1 Å². The van der Waals surface area contributed by atoms with Gasteiger partial charge in [0.25, 0.3) is 5.56 Å². The molecule has 20 heavy (non-hydrogen) atoms. The van der Waals surface area contributed by atoms with Gasteiger partial charge in [-0.25, -0.2) is 9.36 Å². The maximum Gasteiger partial charge on any atom is 0.337 e. The third kappa shape index (κ3) is 2.27. The lowest BCUT2D eigenvalue weighted by molar-refractivity contribution is -0.0553. The molecule has 1 aromatic heterocycles. The predicted molar refractivity (Wildman–Crippen MR) is 72.1 cm³/mol. The minimum atomic E-state index is -1.41. The van der Waals surface area contributed by atoms with Gasteiger partial charge >= 0.3 is 5.69 Å². The lowest BCUT2D eigenvalue weighted by atomic mass is 10.1. The highest BCUT2D eigenvalue weighted by atomic mass is 79.9. The second-order valence-corrected chi connectivity index (χ2v) is 5.11. The van der Waals surface area contributed by atoms with E-state index in [2.05, 4.69) is 22.5 Å². The van der Waals surface area contributed by atoms with Crippen molar-refractivity contribution in [3.8, 4) is 0 Å². The summed E-state index contributed by atoms with van der Waals surface area (Å²) in [5.74, 6) is 0. The van der Waals surface area contributed by atoms with Crippen molar-refractivity contribution in [1.82, 2.24) is 9.13 Å². The quantitative estimate of drug-likeness (QED) is 0.611. The van der Waals surface area contributed by atoms with Crippen molar-refractivity contribution >= 4 is 22.1 Å². The van der Waals surface area contributed by atoms with Crippen molar-refractivity contribution < 1.29 is 20.1 Å². The zero-order valence-corrected chi connectivity index (χ0v) is 11.8. The van der Waals surface area contributed by atoms with E-state index >= 15 is 0 Å². The summed E-state index contributed by atoms with van der Waals surface area (Å²) in [6.45, 7) is 2.85. The molecule has 0 saturated carbocycles. The van der Waals surface area contributed by atoms with Crippen molar-refractivity contribution in [2.24, 2.45) is 0 Å². The molecule has 110 valence electrons. The topological polar surface area (TPSA) is 114 Å². The number of nitrogens with zero attached hydrogens (tertiary/aromatic N) is 2. The van der Waals surface area contributed by atoms with Crippen LogP contribution in [0.1, 0.15) is 6.23 Å². The highest BCUT2D eigenvalue weighted by molar-refractivity contribution is 9.10. The molecule has 0 radical (unpaired) electrons. The predicted octanol–water partition coefficient (Wildman–Crippen LogP) is -1.52. The Morgan fingerprint density at radius 2 is 2.05 bits per heavy atom. The Bertz CT molecular complexity index is 639. The van der Waals surface area contributed by atoms with Crippen LogP contribution in [-0.2, 0) is 4.74 Å². The molecule has 1 saturated heterocycles. The first kappa shape index (κ1) is 15.1. The fourth-order valence-electron chi connectivity index (χ4n) is 2.01. The Balaban J connectivity index is 2.55. The molecule has 2 rings (SSSR count). The minimum Gasteiger partial charge on any atom is -0.394 e. The van der Waals surface area contributed by atoms with Crippen LogP contribution in [0.4, 0.5) is 0 Å². The monoisotopic (exact) mass is 348 g/mol. The average Bonchev–Trinajstić information content (AvgIpc) is 2.71. The molecule has 2 heterocycles. The van der Waals surface area contributed by atoms with E-state index in [0.717, 1.165) is 21.5 Å². The molecule has 1 fully saturated rings. The molecule has 3 N–H and O–H groups in total. The fraction of sp³-hybridized carbons (Fsp3) is 0.455. The summed E-state index contributed by atoms with van der Waals surface area (Å²) in [5.41, 5.74) is -1.38. The number of ether oxygens (including phenoxy) is 1. The molecular weight excluding hydrogens is 336 g/mol. The Morgan fingerprint density at radius 3 is 2.55 bits per heavy atom. The molecule has 0 aliphatic carbocycles. The molecule has 1 aliphatic rings.